The van der Waals surface area contributed by atoms with Crippen molar-refractivity contribution in [3.05, 3.63) is 41.0 Å². The van der Waals surface area contributed by atoms with Crippen LogP contribution in [0.25, 0.3) is 27.8 Å². The van der Waals surface area contributed by atoms with Crippen LogP contribution >= 0.6 is 0 Å². The molecule has 1 N–H and O–H groups in total. The van der Waals surface area contributed by atoms with Crippen LogP contribution < -0.4 is 4.90 Å². The zero-order chi connectivity index (χ0) is 25.9. The van der Waals surface area contributed by atoms with Crippen molar-refractivity contribution in [1.82, 2.24) is 24.6 Å². The van der Waals surface area contributed by atoms with Crippen LogP contribution in [0.3, 0.4) is 0 Å². The zero-order valence-corrected chi connectivity index (χ0v) is 23.2. The number of pyridine rings is 2. The van der Waals surface area contributed by atoms with Gasteiger partial charge in [0, 0.05) is 41.2 Å². The first-order valence-electron chi connectivity index (χ1n) is 13.9. The van der Waals surface area contributed by atoms with Gasteiger partial charge in [-0.25, -0.2) is 14.5 Å². The first-order chi connectivity index (χ1) is 17.8. The van der Waals surface area contributed by atoms with E-state index in [1.54, 1.807) is 6.33 Å². The van der Waals surface area contributed by atoms with Crippen LogP contribution in [0.5, 0.6) is 0 Å². The molecule has 0 spiro atoms. The Bertz CT molecular complexity index is 1450. The Morgan fingerprint density at radius 3 is 2.51 bits per heavy atom. The predicted octanol–water partition coefficient (Wildman–Crippen LogP) is 6.35. The highest BCUT2D eigenvalue weighted by Gasteiger charge is 2.34. The molecule has 0 aliphatic carbocycles. The van der Waals surface area contributed by atoms with Crippen LogP contribution in [0.2, 0.25) is 0 Å². The van der Waals surface area contributed by atoms with Gasteiger partial charge in [0.05, 0.1) is 30.6 Å². The summed E-state index contributed by atoms with van der Waals surface area (Å²) in [7, 11) is 0. The molecule has 196 valence electrons. The number of hydrogen-bond acceptors (Lipinski definition) is 5. The Balaban J connectivity index is 1.32. The number of aromatic nitrogens is 5. The molecule has 0 amide bonds. The second-order valence-corrected chi connectivity index (χ2v) is 12.2. The topological polar surface area (TPSA) is 71.3 Å². The van der Waals surface area contributed by atoms with Gasteiger partial charge in [0.25, 0.3) is 0 Å². The van der Waals surface area contributed by atoms with Gasteiger partial charge in [0.2, 0.25) is 0 Å². The maximum Gasteiger partial charge on any atom is 0.158 e. The third-order valence-corrected chi connectivity index (χ3v) is 9.04. The van der Waals surface area contributed by atoms with Gasteiger partial charge in [-0.2, -0.15) is 5.10 Å². The number of hydrogen-bond donors (Lipinski definition) is 1. The van der Waals surface area contributed by atoms with Gasteiger partial charge in [-0.15, -0.1) is 0 Å². The van der Waals surface area contributed by atoms with E-state index in [2.05, 4.69) is 67.7 Å². The summed E-state index contributed by atoms with van der Waals surface area (Å²) in [5.74, 6) is 2.34. The summed E-state index contributed by atoms with van der Waals surface area (Å²) in [5, 5.41) is 5.76. The Morgan fingerprint density at radius 1 is 1.08 bits per heavy atom. The second kappa shape index (κ2) is 9.12. The maximum absolute atomic E-state index is 5.46. The highest BCUT2D eigenvalue weighted by molar-refractivity contribution is 5.96. The SMILES string of the molecule is Cc1c(-c2[nH]c3cnc(N4CCC(CCC5(C)COC5)CC4)c(C)c3c2C(C)C)cn2ncnc2c1C. The molecule has 6 heterocycles. The number of ether oxygens (including phenoxy) is 1. The summed E-state index contributed by atoms with van der Waals surface area (Å²) in [6, 6.07) is 0. The van der Waals surface area contributed by atoms with Gasteiger partial charge in [0.1, 0.15) is 12.1 Å². The van der Waals surface area contributed by atoms with Gasteiger partial charge in [0.15, 0.2) is 5.65 Å². The average Bonchev–Trinajstić information content (AvgIpc) is 3.50. The molecule has 2 aliphatic heterocycles. The fourth-order valence-electron chi connectivity index (χ4n) is 6.51. The predicted molar refractivity (Wildman–Crippen MR) is 149 cm³/mol. The van der Waals surface area contributed by atoms with E-state index in [4.69, 9.17) is 9.72 Å². The van der Waals surface area contributed by atoms with E-state index in [-0.39, 0.29) is 0 Å². The van der Waals surface area contributed by atoms with Crippen molar-refractivity contribution in [2.24, 2.45) is 11.3 Å². The quantitative estimate of drug-likeness (QED) is 0.334. The van der Waals surface area contributed by atoms with Crippen molar-refractivity contribution in [3.63, 3.8) is 0 Å². The highest BCUT2D eigenvalue weighted by Crippen LogP contribution is 2.41. The molecule has 7 nitrogen and oxygen atoms in total. The molecule has 7 heteroatoms. The zero-order valence-electron chi connectivity index (χ0n) is 23.2. The van der Waals surface area contributed by atoms with Crippen LogP contribution in [-0.2, 0) is 4.74 Å². The Kier molecular flexibility index (Phi) is 6.02. The van der Waals surface area contributed by atoms with Crippen molar-refractivity contribution in [1.29, 1.82) is 0 Å². The number of rotatable bonds is 6. The first kappa shape index (κ1) is 24.4. The summed E-state index contributed by atoms with van der Waals surface area (Å²) in [6.45, 7) is 17.6. The van der Waals surface area contributed by atoms with E-state index in [1.165, 1.54) is 64.6 Å². The van der Waals surface area contributed by atoms with E-state index >= 15 is 0 Å². The van der Waals surface area contributed by atoms with Crippen LogP contribution in [0, 0.1) is 32.1 Å². The first-order valence-corrected chi connectivity index (χ1v) is 13.9. The molecule has 4 aromatic rings. The maximum atomic E-state index is 5.46. The molecule has 0 atom stereocenters. The number of aryl methyl sites for hydroxylation is 2. The highest BCUT2D eigenvalue weighted by atomic mass is 16.5. The number of aromatic amines is 1. The summed E-state index contributed by atoms with van der Waals surface area (Å²) >= 11 is 0. The van der Waals surface area contributed by atoms with Crippen LogP contribution in [0.1, 0.15) is 74.6 Å². The van der Waals surface area contributed by atoms with E-state index in [9.17, 15) is 0 Å². The average molecular weight is 501 g/mol. The molecule has 2 saturated heterocycles. The molecule has 0 unspecified atom stereocenters. The normalized spacial score (nSPS) is 18.3. The molecule has 0 bridgehead atoms. The lowest BCUT2D eigenvalue weighted by molar-refractivity contribution is -0.108. The lowest BCUT2D eigenvalue weighted by Crippen LogP contribution is -2.40. The van der Waals surface area contributed by atoms with Gasteiger partial charge in [-0.05, 0) is 75.0 Å². The third-order valence-electron chi connectivity index (χ3n) is 9.04. The number of anilines is 1. The van der Waals surface area contributed by atoms with Gasteiger partial charge in [-0.3, -0.25) is 0 Å². The van der Waals surface area contributed by atoms with E-state index < -0.39 is 0 Å². The van der Waals surface area contributed by atoms with Crippen molar-refractivity contribution in [2.75, 3.05) is 31.2 Å². The largest absolute Gasteiger partial charge is 0.380 e. The molecule has 2 aliphatic rings. The van der Waals surface area contributed by atoms with Gasteiger partial charge < -0.3 is 14.6 Å². The summed E-state index contributed by atoms with van der Waals surface area (Å²) in [5.41, 5.74) is 9.88. The smallest absolute Gasteiger partial charge is 0.158 e. The monoisotopic (exact) mass is 500 g/mol. The summed E-state index contributed by atoms with van der Waals surface area (Å²) in [4.78, 5) is 15.7. The molecular weight excluding hydrogens is 460 g/mol. The van der Waals surface area contributed by atoms with Crippen molar-refractivity contribution in [2.45, 2.75) is 73.1 Å². The summed E-state index contributed by atoms with van der Waals surface area (Å²) in [6.07, 6.45) is 10.9. The minimum Gasteiger partial charge on any atom is -0.380 e. The van der Waals surface area contributed by atoms with Crippen LogP contribution in [0.15, 0.2) is 18.7 Å². The Morgan fingerprint density at radius 2 is 1.84 bits per heavy atom. The molecule has 0 saturated carbocycles. The number of fused-ring (bicyclic) bond motifs is 2. The molecule has 0 radical (unpaired) electrons. The number of nitrogens with zero attached hydrogens (tertiary/aromatic N) is 5. The van der Waals surface area contributed by atoms with E-state index in [1.807, 2.05) is 10.7 Å². The second-order valence-electron chi connectivity index (χ2n) is 12.2. The van der Waals surface area contributed by atoms with Gasteiger partial charge in [-0.1, -0.05) is 20.8 Å². The van der Waals surface area contributed by atoms with Crippen molar-refractivity contribution >= 4 is 22.4 Å². The number of nitrogens with one attached hydrogen (secondary N) is 1. The van der Waals surface area contributed by atoms with Crippen molar-refractivity contribution in [3.8, 4) is 11.3 Å². The molecule has 4 aromatic heterocycles. The molecular formula is C30H40N6O. The lowest BCUT2D eigenvalue weighted by atomic mass is 9.79. The molecule has 2 fully saturated rings. The van der Waals surface area contributed by atoms with Crippen LogP contribution in [0.4, 0.5) is 5.82 Å². The minimum absolute atomic E-state index is 0.367. The third kappa shape index (κ3) is 4.12. The number of H-pyrrole nitrogens is 1. The minimum atomic E-state index is 0.367. The summed E-state index contributed by atoms with van der Waals surface area (Å²) < 4.78 is 7.35. The van der Waals surface area contributed by atoms with E-state index in [0.29, 0.717) is 11.3 Å². The standard InChI is InChI=1S/C30H40N6O/c1-18(2)25-26-21(5)28(35-11-8-22(9-12-35)7-10-30(6)15-37-16-30)31-13-24(26)34-27(25)23-14-36-29(32-17-33-36)20(4)19(23)3/h13-14,17-18,22,34H,7-12,15-16H2,1-6H3. The Hall–Kier alpha value is -2.93. The van der Waals surface area contributed by atoms with Crippen LogP contribution in [-0.4, -0.2) is 50.9 Å². The van der Waals surface area contributed by atoms with E-state index in [0.717, 1.165) is 49.2 Å². The number of piperidine rings is 1. The fraction of sp³-hybridized carbons (Fsp3) is 0.567. The van der Waals surface area contributed by atoms with Gasteiger partial charge >= 0.3 is 0 Å². The fourth-order valence-corrected chi connectivity index (χ4v) is 6.51. The van der Waals surface area contributed by atoms with Crippen molar-refractivity contribution < 1.29 is 4.74 Å². The lowest BCUT2D eigenvalue weighted by Gasteiger charge is -2.40. The molecule has 0 aromatic carbocycles. The molecule has 37 heavy (non-hydrogen) atoms. The Labute approximate surface area is 219 Å². The molecule has 6 rings (SSSR count).